The molecule has 1 fully saturated rings. The zero-order valence-corrected chi connectivity index (χ0v) is 15.7. The smallest absolute Gasteiger partial charge is 0.256 e. The zero-order valence-electron chi connectivity index (χ0n) is 15.7. The number of nitrogens with one attached hydrogen (secondary N) is 2. The van der Waals surface area contributed by atoms with Gasteiger partial charge in [0.15, 0.2) is 0 Å². The monoisotopic (exact) mass is 384 g/mol. The van der Waals surface area contributed by atoms with Crippen LogP contribution in [0.4, 0.5) is 0 Å². The number of hydrogen-bond donors (Lipinski definition) is 3. The lowest BCUT2D eigenvalue weighted by Crippen LogP contribution is -2.28. The van der Waals surface area contributed by atoms with Crippen molar-refractivity contribution in [2.24, 2.45) is 0 Å². The van der Waals surface area contributed by atoms with E-state index in [2.05, 4.69) is 22.4 Å². The lowest BCUT2D eigenvalue weighted by Gasteiger charge is -2.11. The maximum atomic E-state index is 12.9. The Bertz CT molecular complexity index is 1300. The number of rotatable bonds is 3. The summed E-state index contributed by atoms with van der Waals surface area (Å²) in [6.07, 6.45) is 0.535. The molecule has 3 aromatic carbocycles. The number of hydrogen-bond acceptors (Lipinski definition) is 3. The first-order chi connectivity index (χ1) is 14.1. The Balaban J connectivity index is 1.61. The molecule has 144 valence electrons. The highest BCUT2D eigenvalue weighted by Gasteiger charge is 2.32. The largest absolute Gasteiger partial charge is 0.394 e. The van der Waals surface area contributed by atoms with Crippen molar-refractivity contribution >= 4 is 27.5 Å². The van der Waals surface area contributed by atoms with Crippen molar-refractivity contribution in [1.82, 2.24) is 10.3 Å². The number of pyridine rings is 1. The fourth-order valence-corrected chi connectivity index (χ4v) is 4.26. The minimum Gasteiger partial charge on any atom is -0.394 e. The summed E-state index contributed by atoms with van der Waals surface area (Å²) in [4.78, 5) is 28.1. The molecule has 0 bridgehead atoms. The van der Waals surface area contributed by atoms with Crippen LogP contribution in [0, 0.1) is 0 Å². The summed E-state index contributed by atoms with van der Waals surface area (Å²) in [7, 11) is 0. The van der Waals surface area contributed by atoms with E-state index >= 15 is 0 Å². The molecule has 1 aliphatic rings. The number of amides is 1. The van der Waals surface area contributed by atoms with Crippen LogP contribution in [0.3, 0.4) is 0 Å². The molecule has 4 aromatic rings. The molecule has 0 aliphatic carbocycles. The molecule has 0 saturated carbocycles. The summed E-state index contributed by atoms with van der Waals surface area (Å²) < 4.78 is 0. The third kappa shape index (κ3) is 3.00. The third-order valence-electron chi connectivity index (χ3n) is 5.76. The van der Waals surface area contributed by atoms with E-state index in [1.165, 1.54) is 0 Å². The molecule has 0 spiro atoms. The second kappa shape index (κ2) is 6.87. The third-order valence-corrected chi connectivity index (χ3v) is 5.76. The minimum absolute atomic E-state index is 0.0786. The lowest BCUT2D eigenvalue weighted by molar-refractivity contribution is -0.120. The van der Waals surface area contributed by atoms with Crippen molar-refractivity contribution in [2.45, 2.75) is 18.4 Å². The summed E-state index contributed by atoms with van der Waals surface area (Å²) in [5.74, 6) is -0.444. The van der Waals surface area contributed by atoms with Gasteiger partial charge in [0.1, 0.15) is 0 Å². The zero-order chi connectivity index (χ0) is 20.0. The van der Waals surface area contributed by atoms with Crippen molar-refractivity contribution < 1.29 is 9.90 Å². The molecular formula is C24H20N2O3. The highest BCUT2D eigenvalue weighted by Crippen LogP contribution is 2.31. The Morgan fingerprint density at radius 1 is 0.897 bits per heavy atom. The van der Waals surface area contributed by atoms with E-state index < -0.39 is 0 Å². The number of fused-ring (bicyclic) bond motifs is 2. The summed E-state index contributed by atoms with van der Waals surface area (Å²) in [5, 5.41) is 15.7. The number of carbonyl (C=O) groups is 1. The fourth-order valence-electron chi connectivity index (χ4n) is 4.26. The minimum atomic E-state index is -0.339. The van der Waals surface area contributed by atoms with E-state index in [1.54, 1.807) is 6.07 Å². The predicted molar refractivity (Wildman–Crippen MR) is 114 cm³/mol. The van der Waals surface area contributed by atoms with Gasteiger partial charge in [0, 0.05) is 16.6 Å². The molecule has 2 atom stereocenters. The van der Waals surface area contributed by atoms with E-state index in [0.717, 1.165) is 33.0 Å². The Morgan fingerprint density at radius 3 is 2.55 bits per heavy atom. The molecule has 1 aliphatic heterocycles. The van der Waals surface area contributed by atoms with Crippen LogP contribution in [0.5, 0.6) is 0 Å². The molecule has 3 N–H and O–H groups in total. The number of benzene rings is 3. The fraction of sp³-hybridized carbons (Fsp3) is 0.167. The van der Waals surface area contributed by atoms with Crippen LogP contribution in [0.25, 0.3) is 32.8 Å². The van der Waals surface area contributed by atoms with Crippen LogP contribution in [0.2, 0.25) is 0 Å². The molecule has 1 saturated heterocycles. The average molecular weight is 384 g/mol. The summed E-state index contributed by atoms with van der Waals surface area (Å²) in [6.45, 7) is -0.0786. The standard InChI is InChI=1S/C24H20N2O3/c27-13-17-12-21(23(28)25-17)15-8-9-16-11-22(26-24(29)20(16)10-15)19-7-3-5-14-4-1-2-6-18(14)19/h1-11,17,21,27H,12-13H2,(H,25,28)(H,26,29)/t17?,21-/m1/s1. The second-order valence-electron chi connectivity index (χ2n) is 7.56. The number of aromatic nitrogens is 1. The normalized spacial score (nSPS) is 19.0. The van der Waals surface area contributed by atoms with Gasteiger partial charge in [-0.25, -0.2) is 0 Å². The van der Waals surface area contributed by atoms with Gasteiger partial charge in [0.2, 0.25) is 5.91 Å². The molecular weight excluding hydrogens is 364 g/mol. The van der Waals surface area contributed by atoms with Crippen LogP contribution < -0.4 is 10.9 Å². The topological polar surface area (TPSA) is 82.2 Å². The number of aromatic amines is 1. The van der Waals surface area contributed by atoms with Crippen molar-refractivity contribution in [1.29, 1.82) is 0 Å². The molecule has 1 unspecified atom stereocenters. The van der Waals surface area contributed by atoms with Crippen LogP contribution in [-0.4, -0.2) is 28.6 Å². The molecule has 5 nitrogen and oxygen atoms in total. The van der Waals surface area contributed by atoms with E-state index in [4.69, 9.17) is 0 Å². The van der Waals surface area contributed by atoms with Crippen molar-refractivity contribution in [3.05, 3.63) is 82.6 Å². The van der Waals surface area contributed by atoms with Gasteiger partial charge in [0.25, 0.3) is 5.56 Å². The average Bonchev–Trinajstić information content (AvgIpc) is 3.14. The van der Waals surface area contributed by atoms with Gasteiger partial charge < -0.3 is 15.4 Å². The van der Waals surface area contributed by atoms with Gasteiger partial charge in [-0.05, 0) is 40.3 Å². The molecule has 5 heteroatoms. The maximum absolute atomic E-state index is 12.9. The van der Waals surface area contributed by atoms with Crippen molar-refractivity contribution in [3.8, 4) is 11.3 Å². The van der Waals surface area contributed by atoms with Crippen LogP contribution in [0.1, 0.15) is 17.9 Å². The Labute approximate surface area is 167 Å². The van der Waals surface area contributed by atoms with Gasteiger partial charge in [-0.3, -0.25) is 9.59 Å². The van der Waals surface area contributed by atoms with E-state index in [0.29, 0.717) is 11.8 Å². The molecule has 29 heavy (non-hydrogen) atoms. The summed E-state index contributed by atoms with van der Waals surface area (Å²) in [6, 6.07) is 21.5. The molecule has 0 radical (unpaired) electrons. The van der Waals surface area contributed by atoms with Crippen molar-refractivity contribution in [2.75, 3.05) is 6.61 Å². The first kappa shape index (κ1) is 17.6. The van der Waals surface area contributed by atoms with E-state index in [-0.39, 0.29) is 30.0 Å². The first-order valence-corrected chi connectivity index (χ1v) is 9.70. The summed E-state index contributed by atoms with van der Waals surface area (Å²) >= 11 is 0. The Hall–Kier alpha value is -3.44. The number of H-pyrrole nitrogens is 1. The van der Waals surface area contributed by atoms with Gasteiger partial charge in [-0.1, -0.05) is 54.6 Å². The number of aliphatic hydroxyl groups excluding tert-OH is 1. The molecule has 1 aromatic heterocycles. The number of aliphatic hydroxyl groups is 1. The lowest BCUT2D eigenvalue weighted by atomic mass is 9.93. The van der Waals surface area contributed by atoms with Crippen LogP contribution in [-0.2, 0) is 4.79 Å². The van der Waals surface area contributed by atoms with Gasteiger partial charge >= 0.3 is 0 Å². The van der Waals surface area contributed by atoms with Crippen LogP contribution >= 0.6 is 0 Å². The predicted octanol–water partition coefficient (Wildman–Crippen LogP) is 3.31. The van der Waals surface area contributed by atoms with Crippen molar-refractivity contribution in [3.63, 3.8) is 0 Å². The Morgan fingerprint density at radius 2 is 1.72 bits per heavy atom. The van der Waals surface area contributed by atoms with Gasteiger partial charge in [-0.15, -0.1) is 0 Å². The molecule has 1 amide bonds. The first-order valence-electron chi connectivity index (χ1n) is 9.70. The van der Waals surface area contributed by atoms with E-state index in [1.807, 2.05) is 48.5 Å². The SMILES string of the molecule is O=C1NC(CO)C[C@@H]1c1ccc2cc(-c3cccc4ccccc34)[nH]c(=O)c2c1. The summed E-state index contributed by atoms with van der Waals surface area (Å²) in [5.41, 5.74) is 2.37. The highest BCUT2D eigenvalue weighted by atomic mass is 16.3. The quantitative estimate of drug-likeness (QED) is 0.507. The molecule has 2 heterocycles. The van der Waals surface area contributed by atoms with Gasteiger partial charge in [0.05, 0.1) is 18.6 Å². The van der Waals surface area contributed by atoms with E-state index in [9.17, 15) is 14.7 Å². The maximum Gasteiger partial charge on any atom is 0.256 e. The van der Waals surface area contributed by atoms with Gasteiger partial charge in [-0.2, -0.15) is 0 Å². The second-order valence-corrected chi connectivity index (χ2v) is 7.56. The number of carbonyl (C=O) groups excluding carboxylic acids is 1. The highest BCUT2D eigenvalue weighted by molar-refractivity contribution is 5.98. The van der Waals surface area contributed by atoms with Crippen LogP contribution in [0.15, 0.2) is 71.5 Å². The Kier molecular flexibility index (Phi) is 4.18. The molecule has 5 rings (SSSR count).